The van der Waals surface area contributed by atoms with Gasteiger partial charge in [0.1, 0.15) is 17.3 Å². The van der Waals surface area contributed by atoms with E-state index in [2.05, 4.69) is 10.4 Å². The zero-order chi connectivity index (χ0) is 22.7. The number of carbonyl (C=O) groups is 2. The van der Waals surface area contributed by atoms with E-state index >= 15 is 0 Å². The predicted octanol–water partition coefficient (Wildman–Crippen LogP) is 3.63. The molecule has 1 aliphatic rings. The van der Waals surface area contributed by atoms with Crippen molar-refractivity contribution in [1.29, 1.82) is 0 Å². The summed E-state index contributed by atoms with van der Waals surface area (Å²) < 4.78 is 29.0. The lowest BCUT2D eigenvalue weighted by atomic mass is 9.95. The standard InChI is InChI=1S/C24H24F2N4O2/c1-16-6-7-17(12-21(16)26)13-27-23(31)18-8-10-29(11-9-18)24(32)19-14-28-30(15-19)22-5-3-2-4-20(22)25/h2-7,12,14-15,18H,8-11,13H2,1H3,(H,27,31). The first-order chi connectivity index (χ1) is 15.4. The fraction of sp³-hybridized carbons (Fsp3) is 0.292. The number of amides is 2. The zero-order valence-corrected chi connectivity index (χ0v) is 17.7. The van der Waals surface area contributed by atoms with E-state index in [1.165, 1.54) is 29.2 Å². The van der Waals surface area contributed by atoms with Crippen LogP contribution in [0.4, 0.5) is 8.78 Å². The first-order valence-electron chi connectivity index (χ1n) is 10.5. The van der Waals surface area contributed by atoms with Crippen LogP contribution in [0.15, 0.2) is 54.9 Å². The minimum atomic E-state index is -0.421. The third-order valence-electron chi connectivity index (χ3n) is 5.78. The van der Waals surface area contributed by atoms with Gasteiger partial charge in [0, 0.05) is 31.7 Å². The zero-order valence-electron chi connectivity index (χ0n) is 17.7. The van der Waals surface area contributed by atoms with Gasteiger partial charge in [0.2, 0.25) is 5.91 Å². The first-order valence-corrected chi connectivity index (χ1v) is 10.5. The molecule has 2 amide bonds. The average Bonchev–Trinajstić information content (AvgIpc) is 3.29. The van der Waals surface area contributed by atoms with Crippen LogP contribution in [0.1, 0.15) is 34.3 Å². The van der Waals surface area contributed by atoms with Gasteiger partial charge < -0.3 is 10.2 Å². The number of nitrogens with zero attached hydrogens (tertiary/aromatic N) is 3. The third-order valence-corrected chi connectivity index (χ3v) is 5.78. The molecule has 2 heterocycles. The van der Waals surface area contributed by atoms with Gasteiger partial charge in [-0.05, 0) is 49.1 Å². The predicted molar refractivity (Wildman–Crippen MR) is 115 cm³/mol. The average molecular weight is 438 g/mol. The molecule has 3 aromatic rings. The Balaban J connectivity index is 1.30. The van der Waals surface area contributed by atoms with Crippen LogP contribution in [0, 0.1) is 24.5 Å². The van der Waals surface area contributed by atoms with Crippen molar-refractivity contribution in [1.82, 2.24) is 20.0 Å². The maximum absolute atomic E-state index is 14.0. The van der Waals surface area contributed by atoms with Crippen LogP contribution in [0.5, 0.6) is 0 Å². The largest absolute Gasteiger partial charge is 0.352 e. The molecule has 1 aromatic heterocycles. The number of piperidine rings is 1. The molecular formula is C24H24F2N4O2. The van der Waals surface area contributed by atoms with E-state index in [4.69, 9.17) is 0 Å². The lowest BCUT2D eigenvalue weighted by Crippen LogP contribution is -2.42. The summed E-state index contributed by atoms with van der Waals surface area (Å²) in [6, 6.07) is 11.1. The summed E-state index contributed by atoms with van der Waals surface area (Å²) in [7, 11) is 0. The molecule has 8 heteroatoms. The van der Waals surface area contributed by atoms with Gasteiger partial charge in [0.05, 0.1) is 11.8 Å². The molecule has 1 saturated heterocycles. The molecule has 1 N–H and O–H groups in total. The van der Waals surface area contributed by atoms with Crippen LogP contribution in [-0.2, 0) is 11.3 Å². The number of hydrogen-bond acceptors (Lipinski definition) is 3. The second-order valence-electron chi connectivity index (χ2n) is 7.99. The van der Waals surface area contributed by atoms with Crippen LogP contribution in [0.3, 0.4) is 0 Å². The van der Waals surface area contributed by atoms with Crippen LogP contribution in [-0.4, -0.2) is 39.6 Å². The number of aryl methyl sites for hydroxylation is 1. The molecule has 2 aromatic carbocycles. The van der Waals surface area contributed by atoms with Crippen molar-refractivity contribution in [3.63, 3.8) is 0 Å². The number of benzene rings is 2. The lowest BCUT2D eigenvalue weighted by molar-refractivity contribution is -0.126. The highest BCUT2D eigenvalue weighted by atomic mass is 19.1. The molecule has 1 fully saturated rings. The topological polar surface area (TPSA) is 67.2 Å². The SMILES string of the molecule is Cc1ccc(CNC(=O)C2CCN(C(=O)c3cnn(-c4ccccc4F)c3)CC2)cc1F. The first kappa shape index (κ1) is 21.7. The van der Waals surface area contributed by atoms with Gasteiger partial charge in [-0.1, -0.05) is 24.3 Å². The van der Waals surface area contributed by atoms with Gasteiger partial charge in [-0.2, -0.15) is 5.10 Å². The van der Waals surface area contributed by atoms with Crippen molar-refractivity contribution in [2.75, 3.05) is 13.1 Å². The third kappa shape index (κ3) is 4.69. The summed E-state index contributed by atoms with van der Waals surface area (Å²) in [5.41, 5.74) is 1.92. The van der Waals surface area contributed by atoms with Crippen LogP contribution in [0.25, 0.3) is 5.69 Å². The highest BCUT2D eigenvalue weighted by Gasteiger charge is 2.28. The molecule has 4 rings (SSSR count). The maximum Gasteiger partial charge on any atom is 0.257 e. The summed E-state index contributed by atoms with van der Waals surface area (Å²) >= 11 is 0. The highest BCUT2D eigenvalue weighted by Crippen LogP contribution is 2.20. The molecule has 0 bridgehead atoms. The number of halogens is 2. The quantitative estimate of drug-likeness (QED) is 0.662. The smallest absolute Gasteiger partial charge is 0.257 e. The molecule has 0 atom stereocenters. The molecule has 0 unspecified atom stereocenters. The van der Waals surface area contributed by atoms with Gasteiger partial charge >= 0.3 is 0 Å². The van der Waals surface area contributed by atoms with E-state index in [0.717, 1.165) is 0 Å². The number of para-hydroxylation sites is 1. The molecule has 166 valence electrons. The number of carbonyl (C=O) groups excluding carboxylic acids is 2. The second-order valence-corrected chi connectivity index (χ2v) is 7.99. The molecule has 0 spiro atoms. The van der Waals surface area contributed by atoms with Gasteiger partial charge in [-0.25, -0.2) is 13.5 Å². The van der Waals surface area contributed by atoms with Crippen molar-refractivity contribution >= 4 is 11.8 Å². The van der Waals surface area contributed by atoms with E-state index in [0.29, 0.717) is 42.6 Å². The number of likely N-dealkylation sites (tertiary alicyclic amines) is 1. The van der Waals surface area contributed by atoms with Crippen LogP contribution >= 0.6 is 0 Å². The summed E-state index contributed by atoms with van der Waals surface area (Å²) in [6.45, 7) is 2.85. The van der Waals surface area contributed by atoms with Crippen molar-refractivity contribution in [2.24, 2.45) is 5.92 Å². The molecule has 32 heavy (non-hydrogen) atoms. The van der Waals surface area contributed by atoms with Gasteiger partial charge in [-0.3, -0.25) is 9.59 Å². The molecule has 1 aliphatic heterocycles. The minimum absolute atomic E-state index is 0.0922. The monoisotopic (exact) mass is 438 g/mol. The second kappa shape index (κ2) is 9.30. The highest BCUT2D eigenvalue weighted by molar-refractivity contribution is 5.94. The Morgan fingerprint density at radius 3 is 2.56 bits per heavy atom. The molecule has 6 nitrogen and oxygen atoms in total. The fourth-order valence-electron chi connectivity index (χ4n) is 3.81. The fourth-order valence-corrected chi connectivity index (χ4v) is 3.81. The van der Waals surface area contributed by atoms with Crippen molar-refractivity contribution in [3.8, 4) is 5.69 Å². The normalized spacial score (nSPS) is 14.4. The van der Waals surface area contributed by atoms with E-state index < -0.39 is 5.82 Å². The van der Waals surface area contributed by atoms with E-state index in [1.807, 2.05) is 0 Å². The maximum atomic E-state index is 14.0. The number of hydrogen-bond donors (Lipinski definition) is 1. The van der Waals surface area contributed by atoms with Gasteiger partial charge in [-0.15, -0.1) is 0 Å². The molecule has 0 aliphatic carbocycles. The van der Waals surface area contributed by atoms with Crippen LogP contribution < -0.4 is 5.32 Å². The van der Waals surface area contributed by atoms with E-state index in [1.54, 1.807) is 42.2 Å². The lowest BCUT2D eigenvalue weighted by Gasteiger charge is -2.31. The Bertz CT molecular complexity index is 1140. The van der Waals surface area contributed by atoms with E-state index in [9.17, 15) is 18.4 Å². The Kier molecular flexibility index (Phi) is 6.30. The summed E-state index contributed by atoms with van der Waals surface area (Å²) in [5, 5.41) is 6.97. The van der Waals surface area contributed by atoms with Crippen molar-refractivity contribution < 1.29 is 18.4 Å². The summed E-state index contributed by atoms with van der Waals surface area (Å²) in [4.78, 5) is 27.0. The van der Waals surface area contributed by atoms with Crippen molar-refractivity contribution in [3.05, 3.63) is 83.2 Å². The van der Waals surface area contributed by atoms with Crippen molar-refractivity contribution in [2.45, 2.75) is 26.3 Å². The minimum Gasteiger partial charge on any atom is -0.352 e. The van der Waals surface area contributed by atoms with Gasteiger partial charge in [0.15, 0.2) is 0 Å². The molecule has 0 radical (unpaired) electrons. The Morgan fingerprint density at radius 1 is 1.09 bits per heavy atom. The molecular weight excluding hydrogens is 414 g/mol. The number of rotatable bonds is 5. The van der Waals surface area contributed by atoms with E-state index in [-0.39, 0.29) is 35.8 Å². The number of nitrogens with one attached hydrogen (secondary N) is 1. The van der Waals surface area contributed by atoms with Gasteiger partial charge in [0.25, 0.3) is 5.91 Å². The summed E-state index contributed by atoms with van der Waals surface area (Å²) in [5.74, 6) is -1.20. The van der Waals surface area contributed by atoms with Crippen LogP contribution in [0.2, 0.25) is 0 Å². The Labute approximate surface area is 184 Å². The Morgan fingerprint density at radius 2 is 1.84 bits per heavy atom. The summed E-state index contributed by atoms with van der Waals surface area (Å²) in [6.07, 6.45) is 4.02. The number of aromatic nitrogens is 2. The Hall–Kier alpha value is -3.55. The molecule has 0 saturated carbocycles.